The van der Waals surface area contributed by atoms with Gasteiger partial charge in [0.25, 0.3) is 0 Å². The van der Waals surface area contributed by atoms with Gasteiger partial charge in [0.1, 0.15) is 5.75 Å². The molecule has 0 spiro atoms. The van der Waals surface area contributed by atoms with Crippen molar-refractivity contribution in [2.24, 2.45) is 0 Å². The van der Waals surface area contributed by atoms with Gasteiger partial charge in [-0.3, -0.25) is 4.79 Å². The number of nitrogens with one attached hydrogen (secondary N) is 1. The standard InChI is InChI=1S/C24H19NO2/c26-24(17-18-14-15-19-8-4-5-9-20(19)16-18)25-22-12-6-7-13-23(22)27-21-10-2-1-3-11-21/h1-16H,17H2,(H,25,26). The molecule has 27 heavy (non-hydrogen) atoms. The van der Waals surface area contributed by atoms with Crippen LogP contribution in [-0.2, 0) is 11.2 Å². The Balaban J connectivity index is 1.49. The lowest BCUT2D eigenvalue weighted by molar-refractivity contribution is -0.115. The fourth-order valence-corrected chi connectivity index (χ4v) is 3.00. The van der Waals surface area contributed by atoms with Crippen molar-refractivity contribution in [3.05, 3.63) is 103 Å². The average molecular weight is 353 g/mol. The Morgan fingerprint density at radius 2 is 1.44 bits per heavy atom. The third kappa shape index (κ3) is 4.15. The van der Waals surface area contributed by atoms with Crippen molar-refractivity contribution in [1.29, 1.82) is 0 Å². The van der Waals surface area contributed by atoms with Crippen molar-refractivity contribution in [2.75, 3.05) is 5.32 Å². The van der Waals surface area contributed by atoms with Crippen molar-refractivity contribution < 1.29 is 9.53 Å². The van der Waals surface area contributed by atoms with E-state index in [1.807, 2.05) is 78.9 Å². The fourth-order valence-electron chi connectivity index (χ4n) is 3.00. The number of benzene rings is 4. The van der Waals surface area contributed by atoms with E-state index in [0.29, 0.717) is 17.9 Å². The molecule has 0 atom stereocenters. The lowest BCUT2D eigenvalue weighted by Crippen LogP contribution is -2.14. The summed E-state index contributed by atoms with van der Waals surface area (Å²) in [7, 11) is 0. The van der Waals surface area contributed by atoms with Crippen LogP contribution in [0.5, 0.6) is 11.5 Å². The molecule has 132 valence electrons. The number of anilines is 1. The molecule has 3 nitrogen and oxygen atoms in total. The predicted molar refractivity (Wildman–Crippen MR) is 109 cm³/mol. The van der Waals surface area contributed by atoms with Crippen LogP contribution >= 0.6 is 0 Å². The van der Waals surface area contributed by atoms with Gasteiger partial charge in [0.2, 0.25) is 5.91 Å². The zero-order valence-corrected chi connectivity index (χ0v) is 14.8. The lowest BCUT2D eigenvalue weighted by atomic mass is 10.0. The highest BCUT2D eigenvalue weighted by Gasteiger charge is 2.09. The number of hydrogen-bond acceptors (Lipinski definition) is 2. The summed E-state index contributed by atoms with van der Waals surface area (Å²) in [6.07, 6.45) is 0.310. The Labute approximate surface area is 158 Å². The first-order valence-electron chi connectivity index (χ1n) is 8.87. The molecule has 4 aromatic carbocycles. The first-order chi connectivity index (χ1) is 13.3. The summed E-state index contributed by atoms with van der Waals surface area (Å²) in [4.78, 5) is 12.6. The molecular formula is C24H19NO2. The average Bonchev–Trinajstić information content (AvgIpc) is 2.70. The third-order valence-electron chi connectivity index (χ3n) is 4.31. The number of hydrogen-bond donors (Lipinski definition) is 1. The molecule has 0 aliphatic heterocycles. The van der Waals surface area contributed by atoms with Crippen molar-refractivity contribution >= 4 is 22.4 Å². The summed E-state index contributed by atoms with van der Waals surface area (Å²) in [5.74, 6) is 1.28. The van der Waals surface area contributed by atoms with Crippen molar-refractivity contribution in [2.45, 2.75) is 6.42 Å². The zero-order chi connectivity index (χ0) is 18.5. The van der Waals surface area contributed by atoms with Gasteiger partial charge in [-0.1, -0.05) is 72.8 Å². The normalized spacial score (nSPS) is 10.5. The van der Waals surface area contributed by atoms with E-state index in [4.69, 9.17) is 4.74 Å². The van der Waals surface area contributed by atoms with Gasteiger partial charge in [-0.05, 0) is 40.6 Å². The van der Waals surface area contributed by atoms with Gasteiger partial charge in [-0.2, -0.15) is 0 Å². The molecule has 0 bridgehead atoms. The molecule has 4 aromatic rings. The Morgan fingerprint density at radius 3 is 2.30 bits per heavy atom. The van der Waals surface area contributed by atoms with Crippen molar-refractivity contribution in [3.63, 3.8) is 0 Å². The van der Waals surface area contributed by atoms with E-state index in [2.05, 4.69) is 23.5 Å². The summed E-state index contributed by atoms with van der Waals surface area (Å²) in [6.45, 7) is 0. The van der Waals surface area contributed by atoms with Crippen LogP contribution in [0.15, 0.2) is 97.1 Å². The van der Waals surface area contributed by atoms with Crippen LogP contribution in [0.25, 0.3) is 10.8 Å². The Hall–Kier alpha value is -3.59. The number of ether oxygens (including phenoxy) is 1. The predicted octanol–water partition coefficient (Wildman–Crippen LogP) is 5.81. The largest absolute Gasteiger partial charge is 0.455 e. The van der Waals surface area contributed by atoms with Gasteiger partial charge in [-0.15, -0.1) is 0 Å². The summed E-state index contributed by atoms with van der Waals surface area (Å²) < 4.78 is 5.90. The highest BCUT2D eigenvalue weighted by Crippen LogP contribution is 2.29. The lowest BCUT2D eigenvalue weighted by Gasteiger charge is -2.12. The number of carbonyl (C=O) groups is 1. The molecule has 0 unspecified atom stereocenters. The van der Waals surface area contributed by atoms with E-state index in [1.54, 1.807) is 0 Å². The molecule has 0 radical (unpaired) electrons. The fraction of sp³-hybridized carbons (Fsp3) is 0.0417. The Kier molecular flexibility index (Phi) is 4.84. The van der Waals surface area contributed by atoms with Crippen LogP contribution in [-0.4, -0.2) is 5.91 Å². The molecule has 0 saturated carbocycles. The van der Waals surface area contributed by atoms with E-state index in [1.165, 1.54) is 5.39 Å². The molecule has 1 amide bonds. The number of amides is 1. The maximum Gasteiger partial charge on any atom is 0.228 e. The molecule has 0 aliphatic carbocycles. The van der Waals surface area contributed by atoms with Gasteiger partial charge in [0.15, 0.2) is 5.75 Å². The van der Waals surface area contributed by atoms with Gasteiger partial charge in [-0.25, -0.2) is 0 Å². The first kappa shape index (κ1) is 16.9. The number of carbonyl (C=O) groups excluding carboxylic acids is 1. The number of rotatable bonds is 5. The van der Waals surface area contributed by atoms with E-state index >= 15 is 0 Å². The summed E-state index contributed by atoms with van der Waals surface area (Å²) in [6, 6.07) is 31.2. The maximum absolute atomic E-state index is 12.6. The van der Waals surface area contributed by atoms with Crippen LogP contribution in [0.4, 0.5) is 5.69 Å². The van der Waals surface area contributed by atoms with Gasteiger partial charge in [0, 0.05) is 0 Å². The second-order valence-corrected chi connectivity index (χ2v) is 6.32. The van der Waals surface area contributed by atoms with E-state index < -0.39 is 0 Å². The smallest absolute Gasteiger partial charge is 0.228 e. The molecule has 1 N–H and O–H groups in total. The molecule has 3 heteroatoms. The monoisotopic (exact) mass is 353 g/mol. The van der Waals surface area contributed by atoms with Crippen molar-refractivity contribution in [3.8, 4) is 11.5 Å². The Bertz CT molecular complexity index is 1070. The highest BCUT2D eigenvalue weighted by molar-refractivity contribution is 5.94. The number of para-hydroxylation sites is 3. The van der Waals surface area contributed by atoms with Gasteiger partial charge in [0.05, 0.1) is 12.1 Å². The van der Waals surface area contributed by atoms with Gasteiger partial charge >= 0.3 is 0 Å². The molecule has 4 rings (SSSR count). The highest BCUT2D eigenvalue weighted by atomic mass is 16.5. The van der Waals surface area contributed by atoms with Crippen LogP contribution < -0.4 is 10.1 Å². The van der Waals surface area contributed by atoms with Crippen LogP contribution in [0.2, 0.25) is 0 Å². The molecule has 0 fully saturated rings. The van der Waals surface area contributed by atoms with E-state index in [9.17, 15) is 4.79 Å². The molecule has 0 saturated heterocycles. The van der Waals surface area contributed by atoms with Crippen LogP contribution in [0.3, 0.4) is 0 Å². The SMILES string of the molecule is O=C(Cc1ccc2ccccc2c1)Nc1ccccc1Oc1ccccc1. The summed E-state index contributed by atoms with van der Waals surface area (Å²) in [5, 5.41) is 5.27. The topological polar surface area (TPSA) is 38.3 Å². The molecule has 0 heterocycles. The molecule has 0 aromatic heterocycles. The maximum atomic E-state index is 12.6. The summed E-state index contributed by atoms with van der Waals surface area (Å²) >= 11 is 0. The molecule has 0 aliphatic rings. The van der Waals surface area contributed by atoms with Crippen LogP contribution in [0, 0.1) is 0 Å². The second kappa shape index (κ2) is 7.75. The zero-order valence-electron chi connectivity index (χ0n) is 14.8. The summed E-state index contributed by atoms with van der Waals surface area (Å²) in [5.41, 5.74) is 1.64. The quantitative estimate of drug-likeness (QED) is 0.491. The first-order valence-corrected chi connectivity index (χ1v) is 8.87. The minimum Gasteiger partial charge on any atom is -0.455 e. The van der Waals surface area contributed by atoms with Crippen LogP contribution in [0.1, 0.15) is 5.56 Å². The molecular weight excluding hydrogens is 334 g/mol. The minimum absolute atomic E-state index is 0.0746. The minimum atomic E-state index is -0.0746. The third-order valence-corrected chi connectivity index (χ3v) is 4.31. The van der Waals surface area contributed by atoms with Crippen molar-refractivity contribution in [1.82, 2.24) is 0 Å². The van der Waals surface area contributed by atoms with Gasteiger partial charge < -0.3 is 10.1 Å². The number of fused-ring (bicyclic) bond motifs is 1. The van der Waals surface area contributed by atoms with E-state index in [0.717, 1.165) is 16.7 Å². The Morgan fingerprint density at radius 1 is 0.741 bits per heavy atom. The second-order valence-electron chi connectivity index (χ2n) is 6.32. The van der Waals surface area contributed by atoms with E-state index in [-0.39, 0.29) is 5.91 Å².